The lowest BCUT2D eigenvalue weighted by Crippen LogP contribution is -2.42. The van der Waals surface area contributed by atoms with Gasteiger partial charge in [-0.25, -0.2) is 0 Å². The van der Waals surface area contributed by atoms with Gasteiger partial charge in [0.1, 0.15) is 22.7 Å². The maximum Gasteiger partial charge on any atom is 0.134 e. The molecular formula is C62H60N2O4. The van der Waals surface area contributed by atoms with Gasteiger partial charge >= 0.3 is 0 Å². The Morgan fingerprint density at radius 1 is 0.382 bits per heavy atom. The lowest BCUT2D eigenvalue weighted by Gasteiger charge is -2.39. The highest BCUT2D eigenvalue weighted by Crippen LogP contribution is 2.50. The van der Waals surface area contributed by atoms with Crippen molar-refractivity contribution in [1.29, 1.82) is 0 Å². The number of aromatic hydroxyl groups is 2. The van der Waals surface area contributed by atoms with Crippen molar-refractivity contribution in [2.45, 2.75) is 87.7 Å². The Morgan fingerprint density at radius 2 is 0.662 bits per heavy atom. The first kappa shape index (κ1) is 45.0. The van der Waals surface area contributed by atoms with Crippen LogP contribution in [0.4, 0.5) is 0 Å². The molecule has 342 valence electrons. The summed E-state index contributed by atoms with van der Waals surface area (Å²) in [5, 5.41) is 59.8. The number of nitrogens with one attached hydrogen (secondary N) is 2. The summed E-state index contributed by atoms with van der Waals surface area (Å²) in [6.45, 7) is 0.516. The summed E-state index contributed by atoms with van der Waals surface area (Å²) in [6.07, 6.45) is 7.41. The standard InChI is InChI=1S/C62H60N2O4/c65-57-47(41-63-59(43-23-7-1-8-24-43)61(67,49-29-11-3-12-30-49)50-31-13-4-14-32-50)39-45-27-19-21-37-53(45)55(57)56-54-38-22-20-28-46(54)40-48(58(56)66)42-64-60(44-25-9-2-10-26-44)62(68,51-33-15-5-16-34-51)52-35-17-6-18-36-52/h1-18,23-26,29-36,39-40,59-60,63-68H,19-22,27-28,37-38,41-42H2/t59-,60-/m0/s1. The number of hydrogen-bond donors (Lipinski definition) is 6. The second-order valence-corrected chi connectivity index (χ2v) is 18.7. The molecule has 0 heterocycles. The zero-order valence-electron chi connectivity index (χ0n) is 38.5. The summed E-state index contributed by atoms with van der Waals surface area (Å²) >= 11 is 0. The molecule has 0 saturated heterocycles. The van der Waals surface area contributed by atoms with Crippen molar-refractivity contribution in [3.8, 4) is 22.6 Å². The van der Waals surface area contributed by atoms with Crippen LogP contribution in [-0.4, -0.2) is 20.4 Å². The van der Waals surface area contributed by atoms with Crippen LogP contribution in [-0.2, 0) is 50.0 Å². The van der Waals surface area contributed by atoms with Gasteiger partial charge in [-0.1, -0.05) is 194 Å². The number of hydrogen-bond acceptors (Lipinski definition) is 6. The molecule has 0 amide bonds. The molecule has 10 rings (SSSR count). The van der Waals surface area contributed by atoms with Gasteiger partial charge in [0.25, 0.3) is 0 Å². The fourth-order valence-electron chi connectivity index (χ4n) is 11.2. The zero-order chi connectivity index (χ0) is 46.5. The summed E-state index contributed by atoms with van der Waals surface area (Å²) in [5.74, 6) is 0.316. The Hall–Kier alpha value is -6.80. The van der Waals surface area contributed by atoms with Crippen LogP contribution in [0.5, 0.6) is 11.5 Å². The van der Waals surface area contributed by atoms with Crippen molar-refractivity contribution in [1.82, 2.24) is 10.6 Å². The number of rotatable bonds is 15. The summed E-state index contributed by atoms with van der Waals surface area (Å²) in [5.41, 5.74) is 9.34. The van der Waals surface area contributed by atoms with E-state index in [1.165, 1.54) is 11.1 Å². The van der Waals surface area contributed by atoms with Crippen molar-refractivity contribution in [2.75, 3.05) is 0 Å². The second kappa shape index (κ2) is 19.8. The molecule has 8 aromatic carbocycles. The molecule has 0 fully saturated rings. The number of phenols is 2. The smallest absolute Gasteiger partial charge is 0.134 e. The van der Waals surface area contributed by atoms with Crippen molar-refractivity contribution in [3.05, 3.63) is 261 Å². The molecule has 0 aliphatic heterocycles. The molecule has 2 atom stereocenters. The van der Waals surface area contributed by atoms with Crippen LogP contribution >= 0.6 is 0 Å². The highest BCUT2D eigenvalue weighted by Gasteiger charge is 2.43. The van der Waals surface area contributed by atoms with E-state index in [-0.39, 0.29) is 24.6 Å². The highest BCUT2D eigenvalue weighted by atomic mass is 16.3. The molecule has 68 heavy (non-hydrogen) atoms. The molecule has 0 bridgehead atoms. The molecule has 6 nitrogen and oxygen atoms in total. The molecule has 6 N–H and O–H groups in total. The third-order valence-corrected chi connectivity index (χ3v) is 14.6. The lowest BCUT2D eigenvalue weighted by atomic mass is 9.76. The topological polar surface area (TPSA) is 105 Å². The minimum absolute atomic E-state index is 0.158. The van der Waals surface area contributed by atoms with E-state index in [1.54, 1.807) is 0 Å². The third-order valence-electron chi connectivity index (χ3n) is 14.6. The number of aliphatic hydroxyl groups is 2. The first-order valence-corrected chi connectivity index (χ1v) is 24.3. The van der Waals surface area contributed by atoms with Crippen LogP contribution in [0.1, 0.15) is 105 Å². The first-order chi connectivity index (χ1) is 33.4. The van der Waals surface area contributed by atoms with Gasteiger partial charge in [-0.05, 0) is 107 Å². The van der Waals surface area contributed by atoms with Crippen LogP contribution < -0.4 is 10.6 Å². The van der Waals surface area contributed by atoms with Crippen LogP contribution in [0, 0.1) is 0 Å². The quantitative estimate of drug-likeness (QED) is 0.0612. The Morgan fingerprint density at radius 3 is 0.971 bits per heavy atom. The summed E-state index contributed by atoms with van der Waals surface area (Å²) in [6, 6.07) is 62.5. The van der Waals surface area contributed by atoms with E-state index in [0.29, 0.717) is 0 Å². The van der Waals surface area contributed by atoms with Crippen LogP contribution in [0.2, 0.25) is 0 Å². The summed E-state index contributed by atoms with van der Waals surface area (Å²) in [7, 11) is 0. The molecular weight excluding hydrogens is 837 g/mol. The molecule has 0 unspecified atom stereocenters. The van der Waals surface area contributed by atoms with Crippen molar-refractivity contribution < 1.29 is 20.4 Å². The van der Waals surface area contributed by atoms with Gasteiger partial charge in [0.05, 0.1) is 12.1 Å². The molecule has 2 aliphatic rings. The zero-order valence-corrected chi connectivity index (χ0v) is 38.5. The molecule has 0 aromatic heterocycles. The van der Waals surface area contributed by atoms with E-state index in [2.05, 4.69) is 22.8 Å². The predicted octanol–water partition coefficient (Wildman–Crippen LogP) is 12.1. The van der Waals surface area contributed by atoms with E-state index in [0.717, 1.165) is 118 Å². The normalized spacial score (nSPS) is 14.7. The Balaban J connectivity index is 1.08. The lowest BCUT2D eigenvalue weighted by molar-refractivity contribution is 0.0351. The Kier molecular flexibility index (Phi) is 13.1. The van der Waals surface area contributed by atoms with Gasteiger partial charge in [0.2, 0.25) is 0 Å². The van der Waals surface area contributed by atoms with Gasteiger partial charge in [-0.2, -0.15) is 0 Å². The van der Waals surface area contributed by atoms with Gasteiger partial charge in [0.15, 0.2) is 0 Å². The van der Waals surface area contributed by atoms with Crippen molar-refractivity contribution in [3.63, 3.8) is 0 Å². The van der Waals surface area contributed by atoms with Gasteiger partial charge < -0.3 is 31.1 Å². The summed E-state index contributed by atoms with van der Waals surface area (Å²) in [4.78, 5) is 0. The van der Waals surface area contributed by atoms with Crippen LogP contribution in [0.15, 0.2) is 194 Å². The average Bonchev–Trinajstić information content (AvgIpc) is 3.41. The highest BCUT2D eigenvalue weighted by molar-refractivity contribution is 5.85. The number of phenolic OH excluding ortho intramolecular Hbond substituents is 2. The maximum absolute atomic E-state index is 13.2. The summed E-state index contributed by atoms with van der Waals surface area (Å²) < 4.78 is 0. The molecule has 2 aliphatic carbocycles. The van der Waals surface area contributed by atoms with Gasteiger partial charge in [0, 0.05) is 35.3 Å². The van der Waals surface area contributed by atoms with E-state index >= 15 is 0 Å². The maximum atomic E-state index is 13.2. The fourth-order valence-corrected chi connectivity index (χ4v) is 11.2. The van der Waals surface area contributed by atoms with Crippen molar-refractivity contribution >= 4 is 0 Å². The largest absolute Gasteiger partial charge is 0.507 e. The second-order valence-electron chi connectivity index (χ2n) is 18.7. The minimum atomic E-state index is -1.47. The van der Waals surface area contributed by atoms with Crippen molar-refractivity contribution in [2.24, 2.45) is 0 Å². The van der Waals surface area contributed by atoms with Crippen LogP contribution in [0.25, 0.3) is 11.1 Å². The predicted molar refractivity (Wildman–Crippen MR) is 272 cm³/mol. The third kappa shape index (κ3) is 8.54. The molecule has 6 heteroatoms. The van der Waals surface area contributed by atoms with E-state index in [4.69, 9.17) is 0 Å². The number of fused-ring (bicyclic) bond motifs is 2. The fraction of sp³-hybridized carbons (Fsp3) is 0.226. The molecule has 0 saturated carbocycles. The SMILES string of the molecule is Oc1c(CN[C@@H](c2ccccc2)C(O)(c2ccccc2)c2ccccc2)cc2c(c1-c1c(O)c(CN[C@@H](c3ccccc3)C(O)(c3ccccc3)c3ccccc3)cc3c1CCCC3)CCCC2. The number of aryl methyl sites for hydroxylation is 2. The number of benzene rings is 8. The van der Waals surface area contributed by atoms with E-state index in [9.17, 15) is 20.4 Å². The molecule has 8 aromatic rings. The Bertz CT molecular complexity index is 2660. The Labute approximate surface area is 400 Å². The van der Waals surface area contributed by atoms with Crippen LogP contribution in [0.3, 0.4) is 0 Å². The molecule has 0 spiro atoms. The van der Waals surface area contributed by atoms with E-state index < -0.39 is 23.3 Å². The molecule has 0 radical (unpaired) electrons. The minimum Gasteiger partial charge on any atom is -0.507 e. The van der Waals surface area contributed by atoms with Gasteiger partial charge in [-0.15, -0.1) is 0 Å². The first-order valence-electron chi connectivity index (χ1n) is 24.3. The van der Waals surface area contributed by atoms with E-state index in [1.807, 2.05) is 182 Å². The van der Waals surface area contributed by atoms with Gasteiger partial charge in [-0.3, -0.25) is 0 Å². The monoisotopic (exact) mass is 896 g/mol. The average molecular weight is 897 g/mol.